The number of carboxylic acid groups (broad SMARTS) is 2. The van der Waals surface area contributed by atoms with Crippen LogP contribution in [0.1, 0.15) is 46.5 Å². The maximum atomic E-state index is 12.2. The average Bonchev–Trinajstić information content (AvgIpc) is 2.66. The number of carbonyl (C=O) groups excluding carboxylic acids is 1. The summed E-state index contributed by atoms with van der Waals surface area (Å²) in [5.41, 5.74) is 9.22. The van der Waals surface area contributed by atoms with Crippen LogP contribution >= 0.6 is 0 Å². The summed E-state index contributed by atoms with van der Waals surface area (Å²) in [5.74, 6) is -3.21. The molecule has 0 spiro atoms. The number of nitrogens with zero attached hydrogens (tertiary/aromatic N) is 3. The summed E-state index contributed by atoms with van der Waals surface area (Å²) in [6.07, 6.45) is 1.24. The number of hydrogen-bond acceptors (Lipinski definition) is 7. The largest absolute Gasteiger partial charge is 0.481 e. The molecule has 11 nitrogen and oxygen atoms in total. The maximum Gasteiger partial charge on any atom is 0.333 e. The van der Waals surface area contributed by atoms with Crippen molar-refractivity contribution in [1.29, 1.82) is 0 Å². The quantitative estimate of drug-likeness (QED) is 0.189. The monoisotopic (exact) mass is 412 g/mol. The number of azide groups is 1. The number of aliphatic carboxylic acids is 2. The van der Waals surface area contributed by atoms with E-state index in [1.807, 2.05) is 13.8 Å². The average molecular weight is 412 g/mol. The van der Waals surface area contributed by atoms with Crippen LogP contribution in [0.15, 0.2) is 16.8 Å². The Kier molecular flexibility index (Phi) is 10.1. The van der Waals surface area contributed by atoms with Crippen molar-refractivity contribution in [2.45, 2.75) is 76.8 Å². The highest BCUT2D eigenvalue weighted by Crippen LogP contribution is 2.27. The highest BCUT2D eigenvalue weighted by molar-refractivity contribution is 5.89. The van der Waals surface area contributed by atoms with E-state index < -0.39 is 48.6 Å². The van der Waals surface area contributed by atoms with Gasteiger partial charge in [-0.25, -0.2) is 4.79 Å². The topological polar surface area (TPSA) is 171 Å². The molecule has 11 heteroatoms. The number of carboxylic acids is 2. The third-order valence-corrected chi connectivity index (χ3v) is 4.63. The highest BCUT2D eigenvalue weighted by atomic mass is 16.5. The Morgan fingerprint density at radius 1 is 1.31 bits per heavy atom. The molecule has 1 rings (SSSR count). The minimum absolute atomic E-state index is 0.0166. The molecule has 0 aliphatic heterocycles. The lowest BCUT2D eigenvalue weighted by molar-refractivity contribution is -0.146. The molecular formula is C18H28N4O7. The number of hydrogen-bond donors (Lipinski definition) is 3. The molecule has 0 saturated carbocycles. The van der Waals surface area contributed by atoms with E-state index >= 15 is 0 Å². The predicted molar refractivity (Wildman–Crippen MR) is 102 cm³/mol. The molecule has 3 N–H and O–H groups in total. The van der Waals surface area contributed by atoms with E-state index in [0.29, 0.717) is 12.8 Å². The van der Waals surface area contributed by atoms with Crippen molar-refractivity contribution in [3.05, 3.63) is 22.1 Å². The molecule has 0 aromatic carbocycles. The SMILES string of the molecule is CCOC(=O)C1=C[C@@H](OC(CC)CC)[C@H](NC(CC(=O)O)C(=O)O)[C@@H](N=[N+]=[N-])C1. The molecule has 4 atom stereocenters. The van der Waals surface area contributed by atoms with Crippen molar-refractivity contribution < 1.29 is 34.1 Å². The first kappa shape index (κ1) is 24.4. The van der Waals surface area contributed by atoms with Crippen molar-refractivity contribution in [3.63, 3.8) is 0 Å². The number of nitrogens with one attached hydrogen (secondary N) is 1. The maximum absolute atomic E-state index is 12.2. The molecule has 29 heavy (non-hydrogen) atoms. The highest BCUT2D eigenvalue weighted by Gasteiger charge is 2.39. The smallest absolute Gasteiger partial charge is 0.333 e. The van der Waals surface area contributed by atoms with Crippen molar-refractivity contribution in [1.82, 2.24) is 5.32 Å². The van der Waals surface area contributed by atoms with Gasteiger partial charge in [-0.05, 0) is 37.8 Å². The number of ether oxygens (including phenoxy) is 2. The lowest BCUT2D eigenvalue weighted by atomic mass is 9.87. The first-order valence-corrected chi connectivity index (χ1v) is 9.55. The summed E-state index contributed by atoms with van der Waals surface area (Å²) in [6, 6.07) is -3.11. The zero-order valence-corrected chi connectivity index (χ0v) is 16.8. The van der Waals surface area contributed by atoms with E-state index in [2.05, 4.69) is 15.3 Å². The molecule has 0 radical (unpaired) electrons. The van der Waals surface area contributed by atoms with Crippen LogP contribution in [0.25, 0.3) is 10.4 Å². The fourth-order valence-electron chi connectivity index (χ4n) is 3.15. The Hall–Kier alpha value is -2.62. The molecule has 0 aromatic rings. The van der Waals surface area contributed by atoms with Crippen molar-refractivity contribution in [3.8, 4) is 0 Å². The van der Waals surface area contributed by atoms with Crippen LogP contribution < -0.4 is 5.32 Å². The second kappa shape index (κ2) is 12.1. The summed E-state index contributed by atoms with van der Waals surface area (Å²) >= 11 is 0. The number of esters is 1. The van der Waals surface area contributed by atoms with Gasteiger partial charge in [0, 0.05) is 16.5 Å². The zero-order chi connectivity index (χ0) is 22.0. The minimum Gasteiger partial charge on any atom is -0.481 e. The number of carbonyl (C=O) groups is 3. The van der Waals surface area contributed by atoms with E-state index in [9.17, 15) is 19.5 Å². The van der Waals surface area contributed by atoms with Gasteiger partial charge in [-0.3, -0.25) is 14.9 Å². The summed E-state index contributed by atoms with van der Waals surface area (Å²) < 4.78 is 11.1. The Balaban J connectivity index is 3.31. The second-order valence-electron chi connectivity index (χ2n) is 6.61. The summed E-state index contributed by atoms with van der Waals surface area (Å²) in [5, 5.41) is 24.8. The molecule has 0 amide bonds. The van der Waals surface area contributed by atoms with Gasteiger partial charge in [-0.2, -0.15) is 0 Å². The lowest BCUT2D eigenvalue weighted by Crippen LogP contribution is -2.57. The summed E-state index contributed by atoms with van der Waals surface area (Å²) in [4.78, 5) is 37.6. The fourth-order valence-corrected chi connectivity index (χ4v) is 3.15. The molecule has 162 valence electrons. The van der Waals surface area contributed by atoms with Crippen molar-refractivity contribution >= 4 is 17.9 Å². The molecule has 1 aliphatic carbocycles. The van der Waals surface area contributed by atoms with E-state index in [1.165, 1.54) is 6.08 Å². The van der Waals surface area contributed by atoms with Crippen LogP contribution in [0.5, 0.6) is 0 Å². The van der Waals surface area contributed by atoms with Gasteiger partial charge in [0.05, 0.1) is 31.3 Å². The van der Waals surface area contributed by atoms with Gasteiger partial charge in [0.25, 0.3) is 0 Å². The van der Waals surface area contributed by atoms with Gasteiger partial charge in [0.15, 0.2) is 0 Å². The third kappa shape index (κ3) is 7.37. The van der Waals surface area contributed by atoms with Crippen LogP contribution in [0, 0.1) is 0 Å². The van der Waals surface area contributed by atoms with Crippen LogP contribution in [-0.2, 0) is 23.9 Å². The van der Waals surface area contributed by atoms with Gasteiger partial charge >= 0.3 is 17.9 Å². The first-order valence-electron chi connectivity index (χ1n) is 9.55. The molecule has 0 fully saturated rings. The lowest BCUT2D eigenvalue weighted by Gasteiger charge is -2.38. The Labute approximate surface area is 168 Å². The van der Waals surface area contributed by atoms with Gasteiger partial charge in [-0.15, -0.1) is 0 Å². The van der Waals surface area contributed by atoms with E-state index in [1.54, 1.807) is 6.92 Å². The van der Waals surface area contributed by atoms with Crippen LogP contribution in [0.4, 0.5) is 0 Å². The summed E-state index contributed by atoms with van der Waals surface area (Å²) in [7, 11) is 0. The minimum atomic E-state index is -1.42. The van der Waals surface area contributed by atoms with Gasteiger partial charge in [0.1, 0.15) is 6.04 Å². The molecule has 1 unspecified atom stereocenters. The second-order valence-corrected chi connectivity index (χ2v) is 6.61. The molecule has 1 aliphatic rings. The Bertz CT molecular complexity index is 671. The standard InChI is InChI=1S/C18H28N4O7/c1-4-11(5-2)29-14-8-10(18(27)28-6-3)7-12(21-22-19)16(14)20-13(17(25)26)9-15(23)24/h8,11-14,16,20H,4-7,9H2,1-3H3,(H,23,24)(H,25,26)/t12-,13?,14+,16+/m0/s1. The zero-order valence-electron chi connectivity index (χ0n) is 16.8. The molecular weight excluding hydrogens is 384 g/mol. The fraction of sp³-hybridized carbons (Fsp3) is 0.722. The molecule has 0 heterocycles. The molecule has 0 aromatic heterocycles. The Morgan fingerprint density at radius 3 is 2.45 bits per heavy atom. The summed E-state index contributed by atoms with van der Waals surface area (Å²) in [6.45, 7) is 5.68. The molecule has 0 bridgehead atoms. The van der Waals surface area contributed by atoms with Gasteiger partial charge in [-0.1, -0.05) is 19.0 Å². The van der Waals surface area contributed by atoms with Gasteiger partial charge in [0.2, 0.25) is 0 Å². The third-order valence-electron chi connectivity index (χ3n) is 4.63. The predicted octanol–water partition coefficient (Wildman–Crippen LogP) is 2.02. The van der Waals surface area contributed by atoms with Crippen molar-refractivity contribution in [2.75, 3.05) is 6.61 Å². The first-order chi connectivity index (χ1) is 13.8. The number of rotatable bonds is 12. The van der Waals surface area contributed by atoms with Crippen LogP contribution in [0.2, 0.25) is 0 Å². The Morgan fingerprint density at radius 2 is 1.97 bits per heavy atom. The molecule has 0 saturated heterocycles. The van der Waals surface area contributed by atoms with Crippen LogP contribution in [0.3, 0.4) is 0 Å². The van der Waals surface area contributed by atoms with Gasteiger partial charge < -0.3 is 19.7 Å². The van der Waals surface area contributed by atoms with E-state index in [-0.39, 0.29) is 24.7 Å². The normalized spacial score (nSPS) is 22.3. The van der Waals surface area contributed by atoms with Crippen LogP contribution in [-0.4, -0.2) is 65.1 Å². The van der Waals surface area contributed by atoms with E-state index in [4.69, 9.17) is 20.1 Å². The van der Waals surface area contributed by atoms with E-state index in [0.717, 1.165) is 0 Å². The van der Waals surface area contributed by atoms with Crippen molar-refractivity contribution in [2.24, 2.45) is 5.11 Å².